The molecular weight excluding hydrogens is 300 g/mol. The standard InChI is InChI=1S/C16H24N2O3S/c1-12(22(2)20)11-17-16(19)18-14-8-9-21-15(10-14)13-6-4-3-5-7-13/h3-7,12,14-15H,8-11H2,1-2H3,(H2,17,18,19)/t12-,14-,15-,22+/m1/s1. The number of carbonyl (C=O) groups excluding carboxylic acids is 1. The van der Waals surface area contributed by atoms with Gasteiger partial charge in [-0.2, -0.15) is 0 Å². The minimum atomic E-state index is -0.927. The van der Waals surface area contributed by atoms with Gasteiger partial charge in [-0.1, -0.05) is 30.3 Å². The van der Waals surface area contributed by atoms with Crippen molar-refractivity contribution in [2.24, 2.45) is 0 Å². The smallest absolute Gasteiger partial charge is 0.315 e. The molecule has 1 aromatic carbocycles. The molecule has 1 aliphatic rings. The molecule has 2 rings (SSSR count). The van der Waals surface area contributed by atoms with Crippen molar-refractivity contribution < 1.29 is 13.7 Å². The molecule has 1 aliphatic heterocycles. The predicted molar refractivity (Wildman–Crippen MR) is 88.2 cm³/mol. The Morgan fingerprint density at radius 1 is 1.41 bits per heavy atom. The summed E-state index contributed by atoms with van der Waals surface area (Å²) in [5, 5.41) is 5.72. The van der Waals surface area contributed by atoms with Crippen LogP contribution in [0, 0.1) is 0 Å². The fourth-order valence-corrected chi connectivity index (χ4v) is 2.74. The molecule has 1 aromatic rings. The quantitative estimate of drug-likeness (QED) is 0.870. The van der Waals surface area contributed by atoms with Crippen LogP contribution >= 0.6 is 0 Å². The van der Waals surface area contributed by atoms with Crippen molar-refractivity contribution in [3.05, 3.63) is 35.9 Å². The van der Waals surface area contributed by atoms with Crippen LogP contribution in [0.4, 0.5) is 4.79 Å². The lowest BCUT2D eigenvalue weighted by Crippen LogP contribution is -2.46. The first-order chi connectivity index (χ1) is 10.6. The van der Waals surface area contributed by atoms with Crippen molar-refractivity contribution in [3.8, 4) is 0 Å². The van der Waals surface area contributed by atoms with E-state index in [1.165, 1.54) is 0 Å². The number of hydrogen-bond donors (Lipinski definition) is 2. The van der Waals surface area contributed by atoms with Crippen LogP contribution in [0.15, 0.2) is 30.3 Å². The molecule has 0 unspecified atom stereocenters. The fraction of sp³-hybridized carbons (Fsp3) is 0.562. The summed E-state index contributed by atoms with van der Waals surface area (Å²) in [6.45, 7) is 2.91. The molecular formula is C16H24N2O3S. The average Bonchev–Trinajstić information content (AvgIpc) is 2.53. The number of amides is 2. The predicted octanol–water partition coefficient (Wildman–Crippen LogP) is 1.97. The third-order valence-electron chi connectivity index (χ3n) is 3.91. The zero-order chi connectivity index (χ0) is 15.9. The van der Waals surface area contributed by atoms with Crippen LogP contribution < -0.4 is 10.6 Å². The Morgan fingerprint density at radius 2 is 2.14 bits per heavy atom. The number of benzene rings is 1. The van der Waals surface area contributed by atoms with Crippen molar-refractivity contribution in [2.75, 3.05) is 19.4 Å². The molecule has 1 saturated heterocycles. The zero-order valence-electron chi connectivity index (χ0n) is 13.1. The molecule has 22 heavy (non-hydrogen) atoms. The monoisotopic (exact) mass is 324 g/mol. The Hall–Kier alpha value is -1.40. The highest BCUT2D eigenvalue weighted by Gasteiger charge is 2.25. The van der Waals surface area contributed by atoms with E-state index in [9.17, 15) is 9.00 Å². The van der Waals surface area contributed by atoms with Crippen LogP contribution in [0.1, 0.15) is 31.4 Å². The number of hydrogen-bond acceptors (Lipinski definition) is 3. The highest BCUT2D eigenvalue weighted by atomic mass is 32.2. The topological polar surface area (TPSA) is 67.4 Å². The van der Waals surface area contributed by atoms with E-state index in [2.05, 4.69) is 10.6 Å². The van der Waals surface area contributed by atoms with Gasteiger partial charge >= 0.3 is 6.03 Å². The maximum Gasteiger partial charge on any atom is 0.315 e. The molecule has 122 valence electrons. The minimum Gasteiger partial charge on any atom is -0.373 e. The molecule has 2 amide bonds. The Balaban J connectivity index is 1.80. The number of carbonyl (C=O) groups is 1. The Labute approximate surface area is 134 Å². The lowest BCUT2D eigenvalue weighted by Gasteiger charge is -2.30. The van der Waals surface area contributed by atoms with E-state index in [4.69, 9.17) is 4.74 Å². The van der Waals surface area contributed by atoms with Crippen molar-refractivity contribution in [1.29, 1.82) is 0 Å². The normalized spacial score (nSPS) is 24.3. The molecule has 2 N–H and O–H groups in total. The van der Waals surface area contributed by atoms with Crippen LogP contribution in [-0.2, 0) is 15.5 Å². The first kappa shape index (κ1) is 17.0. The van der Waals surface area contributed by atoms with Crippen LogP contribution in [0.5, 0.6) is 0 Å². The zero-order valence-corrected chi connectivity index (χ0v) is 13.9. The highest BCUT2D eigenvalue weighted by Crippen LogP contribution is 2.27. The molecule has 5 nitrogen and oxygen atoms in total. The van der Waals surface area contributed by atoms with E-state index >= 15 is 0 Å². The summed E-state index contributed by atoms with van der Waals surface area (Å²) in [5.41, 5.74) is 1.14. The van der Waals surface area contributed by atoms with Gasteiger partial charge in [0.05, 0.1) is 6.10 Å². The van der Waals surface area contributed by atoms with Crippen molar-refractivity contribution in [3.63, 3.8) is 0 Å². The van der Waals surface area contributed by atoms with Crippen molar-refractivity contribution >= 4 is 16.8 Å². The van der Waals surface area contributed by atoms with Gasteiger partial charge in [0.1, 0.15) is 0 Å². The summed E-state index contributed by atoms with van der Waals surface area (Å²) in [6, 6.07) is 9.96. The maximum atomic E-state index is 11.9. The molecule has 6 heteroatoms. The highest BCUT2D eigenvalue weighted by molar-refractivity contribution is 7.84. The summed E-state index contributed by atoms with van der Waals surface area (Å²) >= 11 is 0. The SMILES string of the molecule is C[C@H](CNC(=O)N[C@@H]1CCO[C@@H](c2ccccc2)C1)[S@](C)=O. The largest absolute Gasteiger partial charge is 0.373 e. The molecule has 1 fully saturated rings. The minimum absolute atomic E-state index is 0.0299. The van der Waals surface area contributed by atoms with Crippen LogP contribution in [0.3, 0.4) is 0 Å². The first-order valence-corrected chi connectivity index (χ1v) is 9.21. The van der Waals surface area contributed by atoms with Crippen LogP contribution in [-0.4, -0.2) is 40.9 Å². The van der Waals surface area contributed by atoms with Gasteiger partial charge in [-0.05, 0) is 25.3 Å². The molecule has 1 heterocycles. The second-order valence-corrected chi connectivity index (χ2v) is 7.46. The van der Waals surface area contributed by atoms with E-state index < -0.39 is 10.8 Å². The van der Waals surface area contributed by atoms with E-state index in [-0.39, 0.29) is 23.4 Å². The van der Waals surface area contributed by atoms with Gasteiger partial charge in [-0.15, -0.1) is 0 Å². The maximum absolute atomic E-state index is 11.9. The van der Waals surface area contributed by atoms with Crippen molar-refractivity contribution in [2.45, 2.75) is 37.2 Å². The van der Waals surface area contributed by atoms with Gasteiger partial charge in [0.25, 0.3) is 0 Å². The lowest BCUT2D eigenvalue weighted by molar-refractivity contribution is 0.00227. The number of ether oxygens (including phenoxy) is 1. The van der Waals surface area contributed by atoms with Gasteiger partial charge in [0.15, 0.2) is 0 Å². The lowest BCUT2D eigenvalue weighted by atomic mass is 9.97. The molecule has 0 radical (unpaired) electrons. The summed E-state index contributed by atoms with van der Waals surface area (Å²) in [6.07, 6.45) is 3.26. The van der Waals surface area contributed by atoms with Gasteiger partial charge in [-0.25, -0.2) is 4.79 Å². The van der Waals surface area contributed by atoms with Gasteiger partial charge < -0.3 is 15.4 Å². The van der Waals surface area contributed by atoms with E-state index in [1.807, 2.05) is 37.3 Å². The molecule has 0 aromatic heterocycles. The molecule has 0 aliphatic carbocycles. The molecule has 0 saturated carbocycles. The summed E-state index contributed by atoms with van der Waals surface area (Å²) in [7, 11) is -0.927. The van der Waals surface area contributed by atoms with Crippen LogP contribution in [0.2, 0.25) is 0 Å². The third-order valence-corrected chi connectivity index (χ3v) is 5.21. The number of nitrogens with one attached hydrogen (secondary N) is 2. The van der Waals surface area contributed by atoms with Gasteiger partial charge in [-0.3, -0.25) is 4.21 Å². The third kappa shape index (κ3) is 5.10. The average molecular weight is 324 g/mol. The number of urea groups is 1. The number of rotatable bonds is 5. The van der Waals surface area contributed by atoms with E-state index in [0.29, 0.717) is 13.2 Å². The second kappa shape index (κ2) is 8.29. The Morgan fingerprint density at radius 3 is 2.82 bits per heavy atom. The Kier molecular flexibility index (Phi) is 6.39. The van der Waals surface area contributed by atoms with E-state index in [0.717, 1.165) is 18.4 Å². The summed E-state index contributed by atoms with van der Waals surface area (Å²) in [4.78, 5) is 11.9. The Bertz CT molecular complexity index is 509. The molecule has 0 bridgehead atoms. The molecule has 0 spiro atoms. The van der Waals surface area contributed by atoms with Crippen molar-refractivity contribution in [1.82, 2.24) is 10.6 Å². The summed E-state index contributed by atoms with van der Waals surface area (Å²) in [5.74, 6) is 0. The fourth-order valence-electron chi connectivity index (χ4n) is 2.42. The first-order valence-electron chi connectivity index (χ1n) is 7.59. The van der Waals surface area contributed by atoms with Crippen LogP contribution in [0.25, 0.3) is 0 Å². The summed E-state index contributed by atoms with van der Waals surface area (Å²) < 4.78 is 17.1. The van der Waals surface area contributed by atoms with Gasteiger partial charge in [0, 0.05) is 41.5 Å². The second-order valence-electron chi connectivity index (χ2n) is 5.65. The van der Waals surface area contributed by atoms with E-state index in [1.54, 1.807) is 6.26 Å². The molecule has 4 atom stereocenters. The van der Waals surface area contributed by atoms with Gasteiger partial charge in [0.2, 0.25) is 0 Å².